The van der Waals surface area contributed by atoms with Gasteiger partial charge in [0, 0.05) is 19.6 Å². The minimum atomic E-state index is -0.267. The van der Waals surface area contributed by atoms with Crippen molar-refractivity contribution in [3.63, 3.8) is 0 Å². The van der Waals surface area contributed by atoms with Gasteiger partial charge in [-0.15, -0.1) is 0 Å². The largest absolute Gasteiger partial charge is 0.366 e. The van der Waals surface area contributed by atoms with Gasteiger partial charge in [-0.1, -0.05) is 13.3 Å². The Kier molecular flexibility index (Phi) is 4.18. The average Bonchev–Trinajstić information content (AvgIpc) is 2.74. The SMILES string of the molecule is CCCC1(C(=O)N2CC(C)(C)OC(C)(C)C2)CCNC1. The van der Waals surface area contributed by atoms with Crippen LogP contribution in [0.2, 0.25) is 0 Å². The summed E-state index contributed by atoms with van der Waals surface area (Å²) in [5, 5.41) is 3.38. The predicted octanol–water partition coefficient (Wildman–Crippen LogP) is 2.18. The third-order valence-corrected chi connectivity index (χ3v) is 4.41. The molecule has 0 radical (unpaired) electrons. The minimum Gasteiger partial charge on any atom is -0.366 e. The van der Waals surface area contributed by atoms with Crippen molar-refractivity contribution in [2.75, 3.05) is 26.2 Å². The molecule has 1 unspecified atom stereocenters. The van der Waals surface area contributed by atoms with E-state index in [0.717, 1.165) is 32.4 Å². The van der Waals surface area contributed by atoms with Crippen LogP contribution in [0.15, 0.2) is 0 Å². The molecule has 0 aliphatic carbocycles. The zero-order chi connectivity index (χ0) is 15.0. The van der Waals surface area contributed by atoms with Crippen LogP contribution in [0.3, 0.4) is 0 Å². The Bertz CT molecular complexity index is 355. The molecule has 0 aromatic rings. The van der Waals surface area contributed by atoms with E-state index in [4.69, 9.17) is 4.74 Å². The molecule has 2 saturated heterocycles. The lowest BCUT2D eigenvalue weighted by atomic mass is 9.80. The Morgan fingerprint density at radius 1 is 1.20 bits per heavy atom. The molecule has 1 amide bonds. The summed E-state index contributed by atoms with van der Waals surface area (Å²) in [4.78, 5) is 15.2. The summed E-state index contributed by atoms with van der Waals surface area (Å²) in [5.41, 5.74) is -0.716. The molecule has 4 nitrogen and oxygen atoms in total. The lowest BCUT2D eigenvalue weighted by molar-refractivity contribution is -0.193. The number of nitrogens with one attached hydrogen (secondary N) is 1. The van der Waals surface area contributed by atoms with Gasteiger partial charge < -0.3 is 15.0 Å². The van der Waals surface area contributed by atoms with Gasteiger partial charge in [0.15, 0.2) is 0 Å². The topological polar surface area (TPSA) is 41.6 Å². The van der Waals surface area contributed by atoms with E-state index in [-0.39, 0.29) is 16.6 Å². The number of ether oxygens (including phenoxy) is 1. The molecular weight excluding hydrogens is 252 g/mol. The molecule has 2 rings (SSSR count). The van der Waals surface area contributed by atoms with Gasteiger partial charge in [-0.3, -0.25) is 4.79 Å². The standard InChI is InChI=1S/C16H30N2O2/c1-6-7-16(8-9-17-10-16)13(19)18-11-14(2,3)20-15(4,5)12-18/h17H,6-12H2,1-5H3. The number of carbonyl (C=O) groups excluding carboxylic acids is 1. The van der Waals surface area contributed by atoms with Gasteiger partial charge in [0.05, 0.1) is 16.6 Å². The third kappa shape index (κ3) is 3.17. The molecule has 20 heavy (non-hydrogen) atoms. The quantitative estimate of drug-likeness (QED) is 0.862. The van der Waals surface area contributed by atoms with E-state index < -0.39 is 0 Å². The van der Waals surface area contributed by atoms with Crippen LogP contribution in [0, 0.1) is 5.41 Å². The van der Waals surface area contributed by atoms with Crippen molar-refractivity contribution in [3.8, 4) is 0 Å². The summed E-state index contributed by atoms with van der Waals surface area (Å²) in [6.45, 7) is 13.7. The normalized spacial score (nSPS) is 32.4. The van der Waals surface area contributed by atoms with E-state index in [2.05, 4.69) is 39.9 Å². The molecular formula is C16H30N2O2. The van der Waals surface area contributed by atoms with Crippen molar-refractivity contribution in [3.05, 3.63) is 0 Å². The molecule has 1 N–H and O–H groups in total. The highest BCUT2D eigenvalue weighted by Gasteiger charge is 2.47. The Morgan fingerprint density at radius 2 is 1.80 bits per heavy atom. The van der Waals surface area contributed by atoms with E-state index in [1.807, 2.05) is 4.90 Å². The van der Waals surface area contributed by atoms with Crippen molar-refractivity contribution in [1.82, 2.24) is 10.2 Å². The first kappa shape index (κ1) is 15.8. The average molecular weight is 282 g/mol. The number of hydrogen-bond donors (Lipinski definition) is 1. The lowest BCUT2D eigenvalue weighted by Crippen LogP contribution is -2.61. The van der Waals surface area contributed by atoms with Crippen LogP contribution in [0.25, 0.3) is 0 Å². The fourth-order valence-corrected chi connectivity index (χ4v) is 3.99. The van der Waals surface area contributed by atoms with Crippen molar-refractivity contribution >= 4 is 5.91 Å². The molecule has 0 bridgehead atoms. The Balaban J connectivity index is 2.18. The van der Waals surface area contributed by atoms with Crippen molar-refractivity contribution in [2.24, 2.45) is 5.41 Å². The zero-order valence-corrected chi connectivity index (χ0v) is 13.7. The summed E-state index contributed by atoms with van der Waals surface area (Å²) >= 11 is 0. The molecule has 2 fully saturated rings. The van der Waals surface area contributed by atoms with E-state index in [9.17, 15) is 4.79 Å². The number of amides is 1. The van der Waals surface area contributed by atoms with Gasteiger partial charge in [-0.25, -0.2) is 0 Å². The van der Waals surface area contributed by atoms with Gasteiger partial charge in [0.25, 0.3) is 0 Å². The lowest BCUT2D eigenvalue weighted by Gasteiger charge is -2.49. The number of nitrogens with zero attached hydrogens (tertiary/aromatic N) is 1. The van der Waals surface area contributed by atoms with Gasteiger partial charge >= 0.3 is 0 Å². The Hall–Kier alpha value is -0.610. The number of hydrogen-bond acceptors (Lipinski definition) is 3. The van der Waals surface area contributed by atoms with Crippen LogP contribution in [-0.2, 0) is 9.53 Å². The first-order valence-electron chi connectivity index (χ1n) is 7.90. The number of rotatable bonds is 3. The second kappa shape index (κ2) is 5.30. The highest BCUT2D eigenvalue weighted by molar-refractivity contribution is 5.83. The fraction of sp³-hybridized carbons (Fsp3) is 0.938. The maximum Gasteiger partial charge on any atom is 0.230 e. The molecule has 2 aliphatic rings. The first-order chi connectivity index (χ1) is 9.20. The number of carbonyl (C=O) groups is 1. The van der Waals surface area contributed by atoms with Gasteiger partial charge in [0.1, 0.15) is 0 Å². The van der Waals surface area contributed by atoms with Gasteiger partial charge in [-0.05, 0) is 47.1 Å². The molecule has 116 valence electrons. The van der Waals surface area contributed by atoms with Crippen molar-refractivity contribution in [1.29, 1.82) is 0 Å². The van der Waals surface area contributed by atoms with Crippen molar-refractivity contribution < 1.29 is 9.53 Å². The second-order valence-corrected chi connectivity index (χ2v) is 7.74. The molecule has 2 aliphatic heterocycles. The first-order valence-corrected chi connectivity index (χ1v) is 7.90. The van der Waals surface area contributed by atoms with Crippen LogP contribution in [0.1, 0.15) is 53.9 Å². The van der Waals surface area contributed by atoms with Crippen LogP contribution < -0.4 is 5.32 Å². The second-order valence-electron chi connectivity index (χ2n) is 7.74. The third-order valence-electron chi connectivity index (χ3n) is 4.41. The molecule has 0 saturated carbocycles. The monoisotopic (exact) mass is 282 g/mol. The Labute approximate surface area is 123 Å². The van der Waals surface area contributed by atoms with Crippen LogP contribution in [-0.4, -0.2) is 48.2 Å². The van der Waals surface area contributed by atoms with E-state index in [0.29, 0.717) is 19.0 Å². The predicted molar refractivity (Wildman–Crippen MR) is 80.7 cm³/mol. The smallest absolute Gasteiger partial charge is 0.230 e. The molecule has 0 spiro atoms. The summed E-state index contributed by atoms with van der Waals surface area (Å²) in [7, 11) is 0. The summed E-state index contributed by atoms with van der Waals surface area (Å²) < 4.78 is 6.09. The number of morpholine rings is 1. The van der Waals surface area contributed by atoms with Gasteiger partial charge in [0.2, 0.25) is 5.91 Å². The summed E-state index contributed by atoms with van der Waals surface area (Å²) in [5.74, 6) is 0.328. The maximum atomic E-state index is 13.1. The molecule has 0 aromatic heterocycles. The zero-order valence-electron chi connectivity index (χ0n) is 13.7. The summed E-state index contributed by atoms with van der Waals surface area (Å²) in [6.07, 6.45) is 3.01. The molecule has 1 atom stereocenters. The van der Waals surface area contributed by atoms with E-state index >= 15 is 0 Å². The molecule has 2 heterocycles. The van der Waals surface area contributed by atoms with Crippen molar-refractivity contribution in [2.45, 2.75) is 65.1 Å². The highest BCUT2D eigenvalue weighted by atomic mass is 16.5. The minimum absolute atomic E-state index is 0.182. The van der Waals surface area contributed by atoms with E-state index in [1.165, 1.54) is 0 Å². The van der Waals surface area contributed by atoms with Crippen LogP contribution in [0.4, 0.5) is 0 Å². The maximum absolute atomic E-state index is 13.1. The molecule has 4 heteroatoms. The van der Waals surface area contributed by atoms with Crippen LogP contribution >= 0.6 is 0 Å². The Morgan fingerprint density at radius 3 is 2.25 bits per heavy atom. The molecule has 0 aromatic carbocycles. The van der Waals surface area contributed by atoms with E-state index in [1.54, 1.807) is 0 Å². The highest BCUT2D eigenvalue weighted by Crippen LogP contribution is 2.36. The van der Waals surface area contributed by atoms with Crippen LogP contribution in [0.5, 0.6) is 0 Å². The summed E-state index contributed by atoms with van der Waals surface area (Å²) in [6, 6.07) is 0. The van der Waals surface area contributed by atoms with Gasteiger partial charge in [-0.2, -0.15) is 0 Å². The fourth-order valence-electron chi connectivity index (χ4n) is 3.99.